The molecule has 35 heavy (non-hydrogen) atoms. The summed E-state index contributed by atoms with van der Waals surface area (Å²) >= 11 is 5.80. The zero-order chi connectivity index (χ0) is 25.4. The summed E-state index contributed by atoms with van der Waals surface area (Å²) in [5.41, 5.74) is -0.360. The SMILES string of the molecule is CC1(NC(=O)c2nc3ccc(Oc4ncc(Cl)cc4OCC(F)(F)F)cc3o2)CCC(F)(F)CC1. The van der Waals surface area contributed by atoms with Gasteiger partial charge in [0.05, 0.1) is 5.02 Å². The van der Waals surface area contributed by atoms with E-state index in [0.29, 0.717) is 5.52 Å². The number of pyridine rings is 1. The fourth-order valence-electron chi connectivity index (χ4n) is 3.55. The number of benzene rings is 1. The first kappa shape index (κ1) is 25.0. The van der Waals surface area contributed by atoms with Crippen LogP contribution >= 0.6 is 11.6 Å². The molecule has 0 unspecified atom stereocenters. The summed E-state index contributed by atoms with van der Waals surface area (Å²) in [4.78, 5) is 20.6. The number of hydrogen-bond acceptors (Lipinski definition) is 6. The molecule has 0 bridgehead atoms. The lowest BCUT2D eigenvalue weighted by Crippen LogP contribution is -2.50. The fraction of sp³-hybridized carbons (Fsp3) is 0.409. The van der Waals surface area contributed by atoms with E-state index < -0.39 is 30.2 Å². The van der Waals surface area contributed by atoms with Crippen LogP contribution in [-0.4, -0.2) is 40.1 Å². The molecule has 0 atom stereocenters. The number of oxazole rings is 1. The smallest absolute Gasteiger partial charge is 0.422 e. The molecule has 7 nitrogen and oxygen atoms in total. The van der Waals surface area contributed by atoms with E-state index in [1.807, 2.05) is 0 Å². The third-order valence-electron chi connectivity index (χ3n) is 5.45. The highest BCUT2D eigenvalue weighted by Crippen LogP contribution is 2.38. The molecule has 1 fully saturated rings. The van der Waals surface area contributed by atoms with Crippen molar-refractivity contribution in [1.82, 2.24) is 15.3 Å². The van der Waals surface area contributed by atoms with Gasteiger partial charge in [-0.2, -0.15) is 13.2 Å². The predicted octanol–water partition coefficient (Wildman–Crippen LogP) is 6.31. The fourth-order valence-corrected chi connectivity index (χ4v) is 3.69. The number of aromatic nitrogens is 2. The van der Waals surface area contributed by atoms with E-state index in [1.165, 1.54) is 24.4 Å². The molecule has 1 saturated carbocycles. The summed E-state index contributed by atoms with van der Waals surface area (Å²) in [7, 11) is 0. The number of nitrogens with one attached hydrogen (secondary N) is 1. The number of amides is 1. The Kier molecular flexibility index (Phi) is 6.52. The Morgan fingerprint density at radius 3 is 2.60 bits per heavy atom. The molecular formula is C22H19ClF5N3O4. The molecule has 3 aromatic rings. The summed E-state index contributed by atoms with van der Waals surface area (Å²) in [5, 5.41) is 2.76. The van der Waals surface area contributed by atoms with Gasteiger partial charge in [0.2, 0.25) is 5.92 Å². The molecule has 0 radical (unpaired) electrons. The quantitative estimate of drug-likeness (QED) is 0.384. The van der Waals surface area contributed by atoms with Crippen molar-refractivity contribution in [3.8, 4) is 17.4 Å². The predicted molar refractivity (Wildman–Crippen MR) is 114 cm³/mol. The first-order chi connectivity index (χ1) is 16.3. The highest BCUT2D eigenvalue weighted by atomic mass is 35.5. The molecule has 0 spiro atoms. The third-order valence-corrected chi connectivity index (χ3v) is 5.65. The Balaban J connectivity index is 1.49. The summed E-state index contributed by atoms with van der Waals surface area (Å²) in [6, 6.07) is 5.42. The second-order valence-corrected chi connectivity index (χ2v) is 8.92. The second-order valence-electron chi connectivity index (χ2n) is 8.48. The molecule has 4 rings (SSSR count). The maximum Gasteiger partial charge on any atom is 0.422 e. The number of rotatable bonds is 6. The standard InChI is InChI=1S/C22H19ClF5N3O4/c1-20(4-6-21(24,25)7-5-20)31-17(32)19-30-14-3-2-13(9-15(14)35-19)34-18-16(8-12(23)10-29-18)33-11-22(26,27)28/h2-3,8-10H,4-7,11H2,1H3,(H,31,32). The average Bonchev–Trinajstić information content (AvgIpc) is 3.19. The maximum atomic E-state index is 13.5. The number of hydrogen-bond donors (Lipinski definition) is 1. The number of halogens is 6. The van der Waals surface area contributed by atoms with Crippen molar-refractivity contribution < 1.29 is 40.6 Å². The molecule has 1 aliphatic rings. The third kappa shape index (κ3) is 6.30. The van der Waals surface area contributed by atoms with Crippen LogP contribution in [0.15, 0.2) is 34.9 Å². The molecule has 13 heteroatoms. The van der Waals surface area contributed by atoms with Gasteiger partial charge in [-0.05, 0) is 31.9 Å². The monoisotopic (exact) mass is 519 g/mol. The molecule has 2 aromatic heterocycles. The van der Waals surface area contributed by atoms with Gasteiger partial charge in [-0.3, -0.25) is 4.79 Å². The minimum absolute atomic E-state index is 0.0475. The van der Waals surface area contributed by atoms with E-state index in [1.54, 1.807) is 6.92 Å². The Hall–Kier alpha value is -3.15. The number of ether oxygens (including phenoxy) is 2. The van der Waals surface area contributed by atoms with Gasteiger partial charge in [-0.1, -0.05) is 11.6 Å². The van der Waals surface area contributed by atoms with Crippen molar-refractivity contribution in [3.63, 3.8) is 0 Å². The lowest BCUT2D eigenvalue weighted by Gasteiger charge is -2.37. The highest BCUT2D eigenvalue weighted by Gasteiger charge is 2.42. The van der Waals surface area contributed by atoms with E-state index in [0.717, 1.165) is 6.07 Å². The van der Waals surface area contributed by atoms with Crippen molar-refractivity contribution in [3.05, 3.63) is 41.4 Å². The van der Waals surface area contributed by atoms with Crippen molar-refractivity contribution in [2.75, 3.05) is 6.61 Å². The zero-order valence-electron chi connectivity index (χ0n) is 18.2. The van der Waals surface area contributed by atoms with Crippen LogP contribution in [0, 0.1) is 0 Å². The molecular weight excluding hydrogens is 501 g/mol. The Labute approximate surface area is 200 Å². The number of fused-ring (bicyclic) bond motifs is 1. The summed E-state index contributed by atoms with van der Waals surface area (Å²) < 4.78 is 80.3. The van der Waals surface area contributed by atoms with Gasteiger partial charge < -0.3 is 19.2 Å². The van der Waals surface area contributed by atoms with Crippen LogP contribution in [0.4, 0.5) is 22.0 Å². The lowest BCUT2D eigenvalue weighted by molar-refractivity contribution is -0.153. The maximum absolute atomic E-state index is 13.5. The van der Waals surface area contributed by atoms with Crippen LogP contribution in [-0.2, 0) is 0 Å². The highest BCUT2D eigenvalue weighted by molar-refractivity contribution is 6.30. The molecule has 1 N–H and O–H groups in total. The van der Waals surface area contributed by atoms with E-state index in [4.69, 9.17) is 25.5 Å². The molecule has 2 heterocycles. The molecule has 0 saturated heterocycles. The number of carbonyl (C=O) groups excluding carboxylic acids is 1. The van der Waals surface area contributed by atoms with Crippen molar-refractivity contribution in [2.24, 2.45) is 0 Å². The topological polar surface area (TPSA) is 86.5 Å². The molecule has 0 aliphatic heterocycles. The molecule has 1 amide bonds. The number of carbonyl (C=O) groups is 1. The van der Waals surface area contributed by atoms with Crippen LogP contribution in [0.2, 0.25) is 5.02 Å². The molecule has 1 aromatic carbocycles. The van der Waals surface area contributed by atoms with Gasteiger partial charge in [-0.25, -0.2) is 18.7 Å². The molecule has 1 aliphatic carbocycles. The number of nitrogens with zero attached hydrogens (tertiary/aromatic N) is 2. The first-order valence-corrected chi connectivity index (χ1v) is 10.8. The largest absolute Gasteiger partial charge is 0.478 e. The van der Waals surface area contributed by atoms with Crippen molar-refractivity contribution >= 4 is 28.6 Å². The zero-order valence-corrected chi connectivity index (χ0v) is 19.0. The van der Waals surface area contributed by atoms with E-state index in [2.05, 4.69) is 15.3 Å². The first-order valence-electron chi connectivity index (χ1n) is 10.4. The van der Waals surface area contributed by atoms with Crippen LogP contribution in [0.5, 0.6) is 17.4 Å². The van der Waals surface area contributed by atoms with E-state index in [9.17, 15) is 26.7 Å². The number of alkyl halides is 5. The van der Waals surface area contributed by atoms with Gasteiger partial charge in [0.1, 0.15) is 11.3 Å². The average molecular weight is 520 g/mol. The Bertz CT molecular complexity index is 1240. The van der Waals surface area contributed by atoms with Gasteiger partial charge in [0.25, 0.3) is 11.8 Å². The Morgan fingerprint density at radius 2 is 1.91 bits per heavy atom. The van der Waals surface area contributed by atoms with Crippen LogP contribution in [0.3, 0.4) is 0 Å². The molecule has 188 valence electrons. The van der Waals surface area contributed by atoms with Crippen LogP contribution in [0.1, 0.15) is 43.3 Å². The minimum atomic E-state index is -4.58. The normalized spacial score (nSPS) is 17.2. The summed E-state index contributed by atoms with van der Waals surface area (Å²) in [6.07, 6.45) is -3.84. The lowest BCUT2D eigenvalue weighted by atomic mass is 9.81. The second kappa shape index (κ2) is 9.14. The van der Waals surface area contributed by atoms with E-state index in [-0.39, 0.29) is 59.6 Å². The van der Waals surface area contributed by atoms with Crippen molar-refractivity contribution in [1.29, 1.82) is 0 Å². The van der Waals surface area contributed by atoms with Gasteiger partial charge in [0, 0.05) is 36.7 Å². The van der Waals surface area contributed by atoms with Gasteiger partial charge in [-0.15, -0.1) is 0 Å². The Morgan fingerprint density at radius 1 is 1.20 bits per heavy atom. The van der Waals surface area contributed by atoms with Crippen LogP contribution in [0.25, 0.3) is 11.1 Å². The van der Waals surface area contributed by atoms with E-state index >= 15 is 0 Å². The van der Waals surface area contributed by atoms with Gasteiger partial charge >= 0.3 is 12.1 Å². The van der Waals surface area contributed by atoms with Gasteiger partial charge in [0.15, 0.2) is 17.9 Å². The summed E-state index contributed by atoms with van der Waals surface area (Å²) in [5.74, 6) is -4.13. The summed E-state index contributed by atoms with van der Waals surface area (Å²) in [6.45, 7) is 0.119. The van der Waals surface area contributed by atoms with Crippen LogP contribution < -0.4 is 14.8 Å². The van der Waals surface area contributed by atoms with Crippen molar-refractivity contribution in [2.45, 2.75) is 50.2 Å². The minimum Gasteiger partial charge on any atom is -0.478 e.